The number of fused-ring (bicyclic) bond motifs is 1. The van der Waals surface area contributed by atoms with Gasteiger partial charge < -0.3 is 10.2 Å². The quantitative estimate of drug-likeness (QED) is 0.812. The Balaban J connectivity index is 0.00000289. The smallest absolute Gasteiger partial charge is 0.259 e. The molecule has 1 aromatic carbocycles. The van der Waals surface area contributed by atoms with E-state index < -0.39 is 5.54 Å². The lowest BCUT2D eigenvalue weighted by atomic mass is 9.92. The van der Waals surface area contributed by atoms with E-state index in [0.29, 0.717) is 23.2 Å². The Morgan fingerprint density at radius 2 is 2.03 bits per heavy atom. The molecule has 7 nitrogen and oxygen atoms in total. The third kappa shape index (κ3) is 3.74. The summed E-state index contributed by atoms with van der Waals surface area (Å²) in [7, 11) is 0. The first-order chi connectivity index (χ1) is 14.8. The predicted octanol–water partition coefficient (Wildman–Crippen LogP) is 3.91. The van der Waals surface area contributed by atoms with Gasteiger partial charge in [0.2, 0.25) is 5.91 Å². The molecule has 7 heteroatoms. The zero-order valence-corrected chi connectivity index (χ0v) is 18.2. The highest BCUT2D eigenvalue weighted by atomic mass is 16.2. The molecular weight excluding hydrogens is 390 g/mol. The number of hydrogen-bond acceptors (Lipinski definition) is 5. The van der Waals surface area contributed by atoms with Crippen LogP contribution in [0, 0.1) is 11.3 Å². The van der Waals surface area contributed by atoms with Crippen molar-refractivity contribution < 1.29 is 11.0 Å². The van der Waals surface area contributed by atoms with E-state index in [9.17, 15) is 14.9 Å². The number of anilines is 2. The highest BCUT2D eigenvalue weighted by Gasteiger charge is 2.44. The number of nitriles is 1. The zero-order chi connectivity index (χ0) is 22.2. The summed E-state index contributed by atoms with van der Waals surface area (Å²) in [4.78, 5) is 33.1. The molecule has 0 bridgehead atoms. The predicted molar refractivity (Wildman–Crippen MR) is 121 cm³/mol. The normalized spacial score (nSPS) is 17.9. The summed E-state index contributed by atoms with van der Waals surface area (Å²) >= 11 is 0. The summed E-state index contributed by atoms with van der Waals surface area (Å²) in [5.41, 5.74) is 3.00. The summed E-state index contributed by atoms with van der Waals surface area (Å²) in [5, 5.41) is 12.8. The van der Waals surface area contributed by atoms with Gasteiger partial charge in [0.1, 0.15) is 0 Å². The lowest BCUT2D eigenvalue weighted by molar-refractivity contribution is -0.131. The third-order valence-corrected chi connectivity index (χ3v) is 6.30. The van der Waals surface area contributed by atoms with Gasteiger partial charge in [-0.3, -0.25) is 19.5 Å². The standard InChI is InChI=1S/C24H27N5O2.H2/c1-4-22(30)28-9-7-17(8-10-28)27-18-12-19(15-26-14-18)29-23(31)20-6-5-16(13-25)11-21(20)24(29,2)3;/h5-6,11-12,14-15,17,27H,4,7-10H2,1-3H3;1H. The highest BCUT2D eigenvalue weighted by molar-refractivity contribution is 6.12. The number of carbonyl (C=O) groups excluding carboxylic acids is 2. The second kappa shape index (κ2) is 8.03. The number of rotatable bonds is 4. The number of carbonyl (C=O) groups is 2. The van der Waals surface area contributed by atoms with Crippen molar-refractivity contribution in [3.8, 4) is 6.07 Å². The summed E-state index contributed by atoms with van der Waals surface area (Å²) in [6, 6.07) is 9.58. The maximum absolute atomic E-state index is 13.2. The second-order valence-corrected chi connectivity index (χ2v) is 8.66. The lowest BCUT2D eigenvalue weighted by Crippen LogP contribution is -2.42. The molecule has 162 valence electrons. The van der Waals surface area contributed by atoms with Crippen LogP contribution in [0.3, 0.4) is 0 Å². The van der Waals surface area contributed by atoms with Gasteiger partial charge in [-0.05, 0) is 56.5 Å². The van der Waals surface area contributed by atoms with Crippen LogP contribution in [0.2, 0.25) is 0 Å². The monoisotopic (exact) mass is 419 g/mol. The van der Waals surface area contributed by atoms with Crippen LogP contribution in [0.5, 0.6) is 0 Å². The van der Waals surface area contributed by atoms with Gasteiger partial charge in [0.05, 0.1) is 40.9 Å². The summed E-state index contributed by atoms with van der Waals surface area (Å²) < 4.78 is 0. The van der Waals surface area contributed by atoms with E-state index >= 15 is 0 Å². The molecule has 1 fully saturated rings. The Bertz CT molecular complexity index is 1070. The van der Waals surface area contributed by atoms with Crippen LogP contribution in [-0.4, -0.2) is 40.8 Å². The molecule has 0 saturated carbocycles. The number of aromatic nitrogens is 1. The third-order valence-electron chi connectivity index (χ3n) is 6.30. The van der Waals surface area contributed by atoms with Crippen molar-refractivity contribution in [1.82, 2.24) is 9.88 Å². The molecule has 0 spiro atoms. The molecule has 2 aliphatic heterocycles. The van der Waals surface area contributed by atoms with Gasteiger partial charge in [-0.1, -0.05) is 6.92 Å². The summed E-state index contributed by atoms with van der Waals surface area (Å²) in [5.74, 6) is 0.117. The van der Waals surface area contributed by atoms with Crippen molar-refractivity contribution >= 4 is 23.2 Å². The number of amides is 2. The van der Waals surface area contributed by atoms with Crippen LogP contribution < -0.4 is 10.2 Å². The average molecular weight is 420 g/mol. The number of hydrogen-bond donors (Lipinski definition) is 1. The van der Waals surface area contributed by atoms with Crippen molar-refractivity contribution in [1.29, 1.82) is 5.26 Å². The number of benzene rings is 1. The van der Waals surface area contributed by atoms with Gasteiger partial charge in [0.25, 0.3) is 5.91 Å². The van der Waals surface area contributed by atoms with Crippen LogP contribution in [0.15, 0.2) is 36.7 Å². The minimum Gasteiger partial charge on any atom is -0.381 e. The van der Waals surface area contributed by atoms with Crippen LogP contribution in [0.4, 0.5) is 11.4 Å². The van der Waals surface area contributed by atoms with E-state index in [0.717, 1.165) is 37.2 Å². The minimum atomic E-state index is -0.592. The molecule has 0 atom stereocenters. The molecule has 1 N–H and O–H groups in total. The van der Waals surface area contributed by atoms with E-state index in [1.165, 1.54) is 0 Å². The molecule has 0 radical (unpaired) electrons. The van der Waals surface area contributed by atoms with Crippen molar-refractivity contribution in [3.05, 3.63) is 53.3 Å². The van der Waals surface area contributed by atoms with E-state index in [1.54, 1.807) is 35.5 Å². The molecule has 2 amide bonds. The van der Waals surface area contributed by atoms with Crippen molar-refractivity contribution in [3.63, 3.8) is 0 Å². The molecule has 2 aromatic rings. The van der Waals surface area contributed by atoms with Crippen molar-refractivity contribution in [2.24, 2.45) is 0 Å². The van der Waals surface area contributed by atoms with Crippen molar-refractivity contribution in [2.75, 3.05) is 23.3 Å². The van der Waals surface area contributed by atoms with Gasteiger partial charge in [-0.25, -0.2) is 0 Å². The number of nitrogens with zero attached hydrogens (tertiary/aromatic N) is 4. The van der Waals surface area contributed by atoms with E-state index in [1.807, 2.05) is 31.7 Å². The van der Waals surface area contributed by atoms with Crippen molar-refractivity contribution in [2.45, 2.75) is 51.6 Å². The maximum atomic E-state index is 13.2. The average Bonchev–Trinajstić information content (AvgIpc) is 2.98. The lowest BCUT2D eigenvalue weighted by Gasteiger charge is -2.34. The second-order valence-electron chi connectivity index (χ2n) is 8.66. The van der Waals surface area contributed by atoms with Gasteiger partial charge >= 0.3 is 0 Å². The number of nitrogens with one attached hydrogen (secondary N) is 1. The van der Waals surface area contributed by atoms with E-state index in [2.05, 4.69) is 16.4 Å². The molecule has 0 aliphatic carbocycles. The minimum absolute atomic E-state index is 0. The molecule has 1 aromatic heterocycles. The first kappa shape index (κ1) is 20.9. The zero-order valence-electron chi connectivity index (χ0n) is 18.2. The fraction of sp³-hybridized carbons (Fsp3) is 0.417. The van der Waals surface area contributed by atoms with E-state index in [-0.39, 0.29) is 19.3 Å². The largest absolute Gasteiger partial charge is 0.381 e. The topological polar surface area (TPSA) is 89.3 Å². The van der Waals surface area contributed by atoms with Gasteiger partial charge in [0.15, 0.2) is 0 Å². The first-order valence-corrected chi connectivity index (χ1v) is 10.7. The molecule has 3 heterocycles. The molecule has 1 saturated heterocycles. The number of pyridine rings is 1. The number of piperidine rings is 1. The van der Waals surface area contributed by atoms with E-state index in [4.69, 9.17) is 0 Å². The Morgan fingerprint density at radius 1 is 1.29 bits per heavy atom. The molecular formula is C24H29N5O2. The molecule has 2 aliphatic rings. The highest BCUT2D eigenvalue weighted by Crippen LogP contribution is 2.42. The van der Waals surface area contributed by atoms with Crippen LogP contribution in [-0.2, 0) is 10.3 Å². The van der Waals surface area contributed by atoms with Crippen LogP contribution in [0.1, 0.15) is 62.9 Å². The SMILES string of the molecule is CCC(=O)N1CCC(Nc2cncc(N3C(=O)c4ccc(C#N)cc4C3(C)C)c2)CC1.[HH]. The van der Waals surface area contributed by atoms with Gasteiger partial charge in [0, 0.05) is 32.5 Å². The Hall–Kier alpha value is -3.40. The van der Waals surface area contributed by atoms with Crippen LogP contribution >= 0.6 is 0 Å². The molecule has 4 rings (SSSR count). The Kier molecular flexibility index (Phi) is 5.40. The summed E-state index contributed by atoms with van der Waals surface area (Å²) in [6.07, 6.45) is 5.77. The van der Waals surface area contributed by atoms with Gasteiger partial charge in [-0.2, -0.15) is 5.26 Å². The molecule has 0 unspecified atom stereocenters. The molecule has 31 heavy (non-hydrogen) atoms. The Morgan fingerprint density at radius 3 is 2.71 bits per heavy atom. The first-order valence-electron chi connectivity index (χ1n) is 10.7. The summed E-state index contributed by atoms with van der Waals surface area (Å²) in [6.45, 7) is 7.37. The maximum Gasteiger partial charge on any atom is 0.259 e. The van der Waals surface area contributed by atoms with Gasteiger partial charge in [-0.15, -0.1) is 0 Å². The number of likely N-dealkylation sites (tertiary alicyclic amines) is 1. The fourth-order valence-electron chi connectivity index (χ4n) is 4.60. The fourth-order valence-corrected chi connectivity index (χ4v) is 4.60. The van der Waals surface area contributed by atoms with Crippen LogP contribution in [0.25, 0.3) is 0 Å². The Labute approximate surface area is 184 Å².